The smallest absolute Gasteiger partial charge is 0.129 e. The van der Waals surface area contributed by atoms with E-state index in [2.05, 4.69) is 10.4 Å². The van der Waals surface area contributed by atoms with Crippen LogP contribution in [0.5, 0.6) is 0 Å². The maximum atomic E-state index is 14.1. The molecule has 0 radical (unpaired) electrons. The standard InChI is InChI=1S/C14H17ClFN3/c1-3-17-14(12-8-9-18-19(12)4-2)13-10(15)6-5-7-11(13)16/h5-9,14,17H,3-4H2,1-2H3. The maximum Gasteiger partial charge on any atom is 0.129 e. The highest BCUT2D eigenvalue weighted by Crippen LogP contribution is 2.30. The van der Waals surface area contributed by atoms with Crippen LogP contribution < -0.4 is 5.32 Å². The lowest BCUT2D eigenvalue weighted by atomic mass is 10.0. The summed E-state index contributed by atoms with van der Waals surface area (Å²) < 4.78 is 15.9. The number of rotatable bonds is 5. The summed E-state index contributed by atoms with van der Waals surface area (Å²) >= 11 is 6.16. The molecule has 1 N–H and O–H groups in total. The Morgan fingerprint density at radius 3 is 2.79 bits per heavy atom. The zero-order valence-electron chi connectivity index (χ0n) is 11.0. The number of nitrogens with zero attached hydrogens (tertiary/aromatic N) is 2. The van der Waals surface area contributed by atoms with Gasteiger partial charge >= 0.3 is 0 Å². The number of benzene rings is 1. The first-order valence-corrected chi connectivity index (χ1v) is 6.75. The van der Waals surface area contributed by atoms with Crippen LogP contribution in [0.2, 0.25) is 5.02 Å². The fourth-order valence-electron chi connectivity index (χ4n) is 2.20. The van der Waals surface area contributed by atoms with Gasteiger partial charge in [-0.05, 0) is 31.7 Å². The fraction of sp³-hybridized carbons (Fsp3) is 0.357. The van der Waals surface area contributed by atoms with Gasteiger partial charge in [-0.1, -0.05) is 24.6 Å². The molecule has 2 rings (SSSR count). The van der Waals surface area contributed by atoms with Crippen LogP contribution in [-0.2, 0) is 6.54 Å². The van der Waals surface area contributed by atoms with Crippen LogP contribution in [0.25, 0.3) is 0 Å². The van der Waals surface area contributed by atoms with Crippen LogP contribution in [0.1, 0.15) is 31.1 Å². The fourth-order valence-corrected chi connectivity index (χ4v) is 2.47. The van der Waals surface area contributed by atoms with Crippen molar-refractivity contribution in [1.82, 2.24) is 15.1 Å². The van der Waals surface area contributed by atoms with E-state index in [1.165, 1.54) is 6.07 Å². The van der Waals surface area contributed by atoms with Crippen molar-refractivity contribution in [3.05, 3.63) is 52.6 Å². The molecular formula is C14H17ClFN3. The number of nitrogens with one attached hydrogen (secondary N) is 1. The predicted octanol–water partition coefficient (Wildman–Crippen LogP) is 3.39. The van der Waals surface area contributed by atoms with E-state index >= 15 is 0 Å². The van der Waals surface area contributed by atoms with Crippen LogP contribution in [0.3, 0.4) is 0 Å². The SMILES string of the molecule is CCNC(c1c(F)cccc1Cl)c1ccnn1CC. The Balaban J connectivity index is 2.52. The number of aromatic nitrogens is 2. The van der Waals surface area contributed by atoms with Crippen molar-refractivity contribution in [2.24, 2.45) is 0 Å². The van der Waals surface area contributed by atoms with E-state index in [-0.39, 0.29) is 11.9 Å². The van der Waals surface area contributed by atoms with Crippen molar-refractivity contribution in [3.63, 3.8) is 0 Å². The third-order valence-electron chi connectivity index (χ3n) is 3.04. The van der Waals surface area contributed by atoms with Crippen LogP contribution in [-0.4, -0.2) is 16.3 Å². The van der Waals surface area contributed by atoms with Gasteiger partial charge in [0.15, 0.2) is 0 Å². The molecule has 19 heavy (non-hydrogen) atoms. The quantitative estimate of drug-likeness (QED) is 0.910. The van der Waals surface area contributed by atoms with Gasteiger partial charge in [0.25, 0.3) is 0 Å². The molecule has 0 spiro atoms. The van der Waals surface area contributed by atoms with Gasteiger partial charge in [-0.2, -0.15) is 5.10 Å². The van der Waals surface area contributed by atoms with Crippen molar-refractivity contribution >= 4 is 11.6 Å². The van der Waals surface area contributed by atoms with Gasteiger partial charge in [0.05, 0.1) is 11.7 Å². The van der Waals surface area contributed by atoms with Crippen molar-refractivity contribution in [2.75, 3.05) is 6.54 Å². The molecule has 0 amide bonds. The molecule has 2 aromatic rings. The molecule has 0 aliphatic carbocycles. The largest absolute Gasteiger partial charge is 0.305 e. The Labute approximate surface area is 117 Å². The third-order valence-corrected chi connectivity index (χ3v) is 3.37. The molecular weight excluding hydrogens is 265 g/mol. The average molecular weight is 282 g/mol. The molecule has 1 atom stereocenters. The lowest BCUT2D eigenvalue weighted by Crippen LogP contribution is -2.26. The normalized spacial score (nSPS) is 12.6. The minimum Gasteiger partial charge on any atom is -0.305 e. The van der Waals surface area contributed by atoms with E-state index in [0.717, 1.165) is 12.2 Å². The number of hydrogen-bond acceptors (Lipinski definition) is 2. The van der Waals surface area contributed by atoms with E-state index < -0.39 is 0 Å². The van der Waals surface area contributed by atoms with Gasteiger partial charge in [-0.15, -0.1) is 0 Å². The monoisotopic (exact) mass is 281 g/mol. The Hall–Kier alpha value is -1.39. The van der Waals surface area contributed by atoms with Crippen LogP contribution in [0.15, 0.2) is 30.5 Å². The molecule has 0 saturated carbocycles. The first kappa shape index (κ1) is 14.0. The van der Waals surface area contributed by atoms with Gasteiger partial charge in [0.1, 0.15) is 5.82 Å². The predicted molar refractivity (Wildman–Crippen MR) is 74.8 cm³/mol. The summed E-state index contributed by atoms with van der Waals surface area (Å²) in [5.74, 6) is -0.303. The summed E-state index contributed by atoms with van der Waals surface area (Å²) in [6.07, 6.45) is 1.72. The summed E-state index contributed by atoms with van der Waals surface area (Å²) in [6.45, 7) is 5.43. The molecule has 0 aliphatic rings. The first-order valence-electron chi connectivity index (χ1n) is 6.38. The van der Waals surface area contributed by atoms with E-state index in [4.69, 9.17) is 11.6 Å². The third kappa shape index (κ3) is 2.80. The highest BCUT2D eigenvalue weighted by molar-refractivity contribution is 6.31. The van der Waals surface area contributed by atoms with Crippen molar-refractivity contribution in [3.8, 4) is 0 Å². The second kappa shape index (κ2) is 6.17. The Bertz CT molecular complexity index is 533. The molecule has 1 unspecified atom stereocenters. The number of hydrogen-bond donors (Lipinski definition) is 1. The van der Waals surface area contributed by atoms with Gasteiger partial charge in [0.2, 0.25) is 0 Å². The molecule has 0 bridgehead atoms. The lowest BCUT2D eigenvalue weighted by Gasteiger charge is -2.21. The molecule has 1 aromatic carbocycles. The average Bonchev–Trinajstić information content (AvgIpc) is 2.85. The highest BCUT2D eigenvalue weighted by Gasteiger charge is 2.22. The minimum atomic E-state index is -0.303. The van der Waals surface area contributed by atoms with Crippen molar-refractivity contribution in [2.45, 2.75) is 26.4 Å². The summed E-state index contributed by atoms with van der Waals surface area (Å²) in [5, 5.41) is 7.93. The zero-order chi connectivity index (χ0) is 13.8. The van der Waals surface area contributed by atoms with Gasteiger partial charge in [-0.25, -0.2) is 4.39 Å². The van der Waals surface area contributed by atoms with Gasteiger partial charge in [-0.3, -0.25) is 4.68 Å². The second-order valence-corrected chi connectivity index (χ2v) is 4.61. The molecule has 1 heterocycles. The maximum absolute atomic E-state index is 14.1. The summed E-state index contributed by atoms with van der Waals surface area (Å²) in [7, 11) is 0. The van der Waals surface area contributed by atoms with Gasteiger partial charge in [0, 0.05) is 23.3 Å². The number of halogens is 2. The van der Waals surface area contributed by atoms with Gasteiger partial charge < -0.3 is 5.32 Å². The molecule has 1 aromatic heterocycles. The van der Waals surface area contributed by atoms with E-state index in [9.17, 15) is 4.39 Å². The van der Waals surface area contributed by atoms with E-state index in [1.54, 1.807) is 18.3 Å². The Morgan fingerprint density at radius 2 is 2.16 bits per heavy atom. The first-order chi connectivity index (χ1) is 9.19. The molecule has 102 valence electrons. The van der Waals surface area contributed by atoms with Crippen LogP contribution >= 0.6 is 11.6 Å². The van der Waals surface area contributed by atoms with Crippen LogP contribution in [0, 0.1) is 5.82 Å². The lowest BCUT2D eigenvalue weighted by molar-refractivity contribution is 0.516. The topological polar surface area (TPSA) is 29.9 Å². The second-order valence-electron chi connectivity index (χ2n) is 4.20. The highest BCUT2D eigenvalue weighted by atomic mass is 35.5. The van der Waals surface area contributed by atoms with Crippen LogP contribution in [0.4, 0.5) is 4.39 Å². The summed E-state index contributed by atoms with van der Waals surface area (Å²) in [5.41, 5.74) is 1.39. The Kier molecular flexibility index (Phi) is 4.56. The van der Waals surface area contributed by atoms with E-state index in [0.29, 0.717) is 17.1 Å². The Morgan fingerprint density at radius 1 is 1.37 bits per heavy atom. The minimum absolute atomic E-state index is 0.291. The van der Waals surface area contributed by atoms with Crippen molar-refractivity contribution < 1.29 is 4.39 Å². The molecule has 3 nitrogen and oxygen atoms in total. The summed E-state index contributed by atoms with van der Waals surface area (Å²) in [6, 6.07) is 6.34. The summed E-state index contributed by atoms with van der Waals surface area (Å²) in [4.78, 5) is 0. The molecule has 0 fully saturated rings. The zero-order valence-corrected chi connectivity index (χ0v) is 11.8. The van der Waals surface area contributed by atoms with Crippen molar-refractivity contribution in [1.29, 1.82) is 0 Å². The number of aryl methyl sites for hydroxylation is 1. The molecule has 0 saturated heterocycles. The molecule has 5 heteroatoms. The van der Waals surface area contributed by atoms with E-state index in [1.807, 2.05) is 24.6 Å². The molecule has 0 aliphatic heterocycles.